The van der Waals surface area contributed by atoms with Crippen molar-refractivity contribution in [2.75, 3.05) is 0 Å². The molecule has 4 saturated carbocycles. The Morgan fingerprint density at radius 3 is 2.25 bits per heavy atom. The van der Waals surface area contributed by atoms with Crippen LogP contribution in [0.25, 0.3) is 0 Å². The first-order chi connectivity index (χ1) is 9.28. The molecule has 0 amide bonds. The van der Waals surface area contributed by atoms with E-state index < -0.39 is 0 Å². The zero-order valence-corrected chi connectivity index (χ0v) is 14.1. The molecule has 1 nitrogen and oxygen atoms in total. The van der Waals surface area contributed by atoms with Crippen molar-refractivity contribution in [3.8, 4) is 0 Å². The standard InChI is InChI=1S/C17H22BrN.ClH/c18-16-3-1-2-11(9-16)10-19-17-14-5-12-4-13(7-14)8-15(17)6-12;/h1-3,9,12-15,17,19H,4-8,10H2;1H. The predicted octanol–water partition coefficient (Wildman–Crippen LogP) is 4.79. The molecule has 0 aliphatic heterocycles. The molecule has 4 fully saturated rings. The van der Waals surface area contributed by atoms with Gasteiger partial charge in [-0.3, -0.25) is 0 Å². The molecule has 1 aromatic carbocycles. The Balaban J connectivity index is 0.00000121. The Bertz CT molecular complexity index is 448. The molecule has 0 aromatic heterocycles. The smallest absolute Gasteiger partial charge is 0.0208 e. The van der Waals surface area contributed by atoms with E-state index in [1.165, 1.54) is 35.7 Å². The lowest BCUT2D eigenvalue weighted by Gasteiger charge is -2.54. The topological polar surface area (TPSA) is 12.0 Å². The van der Waals surface area contributed by atoms with Crippen LogP contribution >= 0.6 is 28.3 Å². The Morgan fingerprint density at radius 1 is 1.00 bits per heavy atom. The van der Waals surface area contributed by atoms with Gasteiger partial charge in [0.05, 0.1) is 0 Å². The summed E-state index contributed by atoms with van der Waals surface area (Å²) in [5, 5.41) is 3.89. The van der Waals surface area contributed by atoms with Crippen molar-refractivity contribution in [3.05, 3.63) is 34.3 Å². The van der Waals surface area contributed by atoms with Crippen molar-refractivity contribution < 1.29 is 0 Å². The summed E-state index contributed by atoms with van der Waals surface area (Å²) in [6.45, 7) is 1.03. The van der Waals surface area contributed by atoms with Gasteiger partial charge in [-0.25, -0.2) is 0 Å². The van der Waals surface area contributed by atoms with Gasteiger partial charge < -0.3 is 5.32 Å². The summed E-state index contributed by atoms with van der Waals surface area (Å²) < 4.78 is 1.19. The van der Waals surface area contributed by atoms with E-state index in [1.807, 2.05) is 0 Å². The zero-order chi connectivity index (χ0) is 12.8. The molecule has 4 bridgehead atoms. The minimum Gasteiger partial charge on any atom is -0.309 e. The molecule has 0 unspecified atom stereocenters. The maximum Gasteiger partial charge on any atom is 0.0208 e. The quantitative estimate of drug-likeness (QED) is 0.821. The highest BCUT2D eigenvalue weighted by Crippen LogP contribution is 2.53. The lowest BCUT2D eigenvalue weighted by atomic mass is 9.54. The second-order valence-corrected chi connectivity index (χ2v) is 7.88. The molecular formula is C17H23BrClN. The molecule has 110 valence electrons. The average Bonchev–Trinajstić information content (AvgIpc) is 2.37. The highest BCUT2D eigenvalue weighted by Gasteiger charge is 2.47. The summed E-state index contributed by atoms with van der Waals surface area (Å²) >= 11 is 3.56. The minimum absolute atomic E-state index is 0. The Hall–Kier alpha value is -0.0500. The summed E-state index contributed by atoms with van der Waals surface area (Å²) in [7, 11) is 0. The Morgan fingerprint density at radius 2 is 1.65 bits per heavy atom. The van der Waals surface area contributed by atoms with Crippen LogP contribution in [0.15, 0.2) is 28.7 Å². The molecule has 0 atom stereocenters. The molecule has 3 heteroatoms. The first-order valence-electron chi connectivity index (χ1n) is 7.76. The third kappa shape index (κ3) is 2.80. The second-order valence-electron chi connectivity index (χ2n) is 6.97. The lowest BCUT2D eigenvalue weighted by Crippen LogP contribution is -2.54. The first-order valence-corrected chi connectivity index (χ1v) is 8.55. The van der Waals surface area contributed by atoms with Gasteiger partial charge in [-0.1, -0.05) is 28.1 Å². The van der Waals surface area contributed by atoms with Gasteiger partial charge in [0, 0.05) is 17.1 Å². The summed E-state index contributed by atoms with van der Waals surface area (Å²) in [6.07, 6.45) is 7.56. The zero-order valence-electron chi connectivity index (χ0n) is 11.7. The Labute approximate surface area is 136 Å². The van der Waals surface area contributed by atoms with Crippen molar-refractivity contribution in [3.63, 3.8) is 0 Å². The van der Waals surface area contributed by atoms with E-state index in [2.05, 4.69) is 45.5 Å². The minimum atomic E-state index is 0. The van der Waals surface area contributed by atoms with E-state index in [-0.39, 0.29) is 12.4 Å². The average molecular weight is 357 g/mol. The van der Waals surface area contributed by atoms with Crippen LogP contribution in [0.5, 0.6) is 0 Å². The van der Waals surface area contributed by atoms with E-state index >= 15 is 0 Å². The van der Waals surface area contributed by atoms with Crippen LogP contribution in [0.2, 0.25) is 0 Å². The maximum atomic E-state index is 3.89. The van der Waals surface area contributed by atoms with Gasteiger partial charge in [-0.15, -0.1) is 12.4 Å². The van der Waals surface area contributed by atoms with Crippen molar-refractivity contribution in [2.45, 2.75) is 44.7 Å². The van der Waals surface area contributed by atoms with E-state index in [4.69, 9.17) is 0 Å². The van der Waals surface area contributed by atoms with Gasteiger partial charge in [-0.2, -0.15) is 0 Å². The molecule has 0 heterocycles. The van der Waals surface area contributed by atoms with Crippen molar-refractivity contribution in [2.24, 2.45) is 23.7 Å². The van der Waals surface area contributed by atoms with E-state index in [9.17, 15) is 0 Å². The maximum absolute atomic E-state index is 3.89. The Kier molecular flexibility index (Phi) is 4.45. The summed E-state index contributed by atoms with van der Waals surface area (Å²) in [5.41, 5.74) is 1.41. The summed E-state index contributed by atoms with van der Waals surface area (Å²) in [5.74, 6) is 4.10. The van der Waals surface area contributed by atoms with E-state index in [0.717, 1.165) is 36.3 Å². The van der Waals surface area contributed by atoms with Crippen LogP contribution in [-0.4, -0.2) is 6.04 Å². The lowest BCUT2D eigenvalue weighted by molar-refractivity contribution is -0.0142. The van der Waals surface area contributed by atoms with Gasteiger partial charge in [0.15, 0.2) is 0 Å². The van der Waals surface area contributed by atoms with Crippen LogP contribution in [0, 0.1) is 23.7 Å². The highest BCUT2D eigenvalue weighted by atomic mass is 79.9. The van der Waals surface area contributed by atoms with Gasteiger partial charge in [0.25, 0.3) is 0 Å². The molecule has 5 rings (SSSR count). The van der Waals surface area contributed by atoms with Crippen LogP contribution < -0.4 is 5.32 Å². The fourth-order valence-corrected chi connectivity index (χ4v) is 5.59. The van der Waals surface area contributed by atoms with E-state index in [1.54, 1.807) is 6.42 Å². The molecule has 4 aliphatic rings. The molecule has 0 spiro atoms. The van der Waals surface area contributed by atoms with Gasteiger partial charge in [-0.05, 0) is 73.5 Å². The number of halogens is 2. The van der Waals surface area contributed by atoms with Crippen molar-refractivity contribution >= 4 is 28.3 Å². The largest absolute Gasteiger partial charge is 0.309 e. The van der Waals surface area contributed by atoms with Crippen LogP contribution in [0.3, 0.4) is 0 Å². The molecule has 0 saturated heterocycles. The fraction of sp³-hybridized carbons (Fsp3) is 0.647. The molecule has 0 radical (unpaired) electrons. The number of benzene rings is 1. The summed E-state index contributed by atoms with van der Waals surface area (Å²) in [6, 6.07) is 9.51. The van der Waals surface area contributed by atoms with Gasteiger partial charge in [0.1, 0.15) is 0 Å². The third-order valence-corrected chi connectivity index (χ3v) is 6.15. The van der Waals surface area contributed by atoms with E-state index in [0.29, 0.717) is 0 Å². The molecular weight excluding hydrogens is 334 g/mol. The van der Waals surface area contributed by atoms with Crippen molar-refractivity contribution in [1.29, 1.82) is 0 Å². The predicted molar refractivity (Wildman–Crippen MR) is 89.1 cm³/mol. The van der Waals surface area contributed by atoms with Crippen LogP contribution in [0.1, 0.15) is 37.7 Å². The summed E-state index contributed by atoms with van der Waals surface area (Å²) in [4.78, 5) is 0. The molecule has 1 N–H and O–H groups in total. The normalized spacial score (nSPS) is 37.8. The third-order valence-electron chi connectivity index (χ3n) is 5.66. The monoisotopic (exact) mass is 355 g/mol. The van der Waals surface area contributed by atoms with Crippen LogP contribution in [-0.2, 0) is 6.54 Å². The number of hydrogen-bond donors (Lipinski definition) is 1. The number of rotatable bonds is 3. The molecule has 1 aromatic rings. The number of hydrogen-bond acceptors (Lipinski definition) is 1. The first kappa shape index (κ1) is 14.9. The van der Waals surface area contributed by atoms with Crippen LogP contribution in [0.4, 0.5) is 0 Å². The molecule has 20 heavy (non-hydrogen) atoms. The highest BCUT2D eigenvalue weighted by molar-refractivity contribution is 9.10. The number of nitrogens with one attached hydrogen (secondary N) is 1. The second kappa shape index (κ2) is 5.98. The van der Waals surface area contributed by atoms with Gasteiger partial charge >= 0.3 is 0 Å². The van der Waals surface area contributed by atoms with Gasteiger partial charge in [0.2, 0.25) is 0 Å². The molecule has 4 aliphatic carbocycles. The fourth-order valence-electron chi connectivity index (χ4n) is 5.14. The van der Waals surface area contributed by atoms with Crippen molar-refractivity contribution in [1.82, 2.24) is 5.32 Å². The SMILES string of the molecule is Brc1cccc(CNC2C3CC4CC(C3)CC2C4)c1.Cl.